The molecule has 1 saturated heterocycles. The van der Waals surface area contributed by atoms with Crippen molar-refractivity contribution < 1.29 is 31.1 Å². The fourth-order valence-corrected chi connectivity index (χ4v) is 5.65. The maximum absolute atomic E-state index is 12.8. The molecular weight excluding hydrogens is 519 g/mol. The van der Waals surface area contributed by atoms with Crippen molar-refractivity contribution >= 4 is 10.0 Å². The van der Waals surface area contributed by atoms with E-state index in [1.807, 2.05) is 36.4 Å². The molecule has 1 N–H and O–H groups in total. The van der Waals surface area contributed by atoms with E-state index in [2.05, 4.69) is 20.4 Å². The normalized spacial score (nSPS) is 16.2. The van der Waals surface area contributed by atoms with Crippen LogP contribution < -0.4 is 14.2 Å². The Kier molecular flexibility index (Phi) is 8.56. The Balaban J connectivity index is 1.22. The van der Waals surface area contributed by atoms with Crippen LogP contribution in [0.1, 0.15) is 18.4 Å². The Morgan fingerprint density at radius 3 is 2.32 bits per heavy atom. The predicted octanol–water partition coefficient (Wildman–Crippen LogP) is 4.95. The van der Waals surface area contributed by atoms with Crippen molar-refractivity contribution in [3.8, 4) is 28.7 Å². The smallest absolute Gasteiger partial charge is 0.494 e. The summed E-state index contributed by atoms with van der Waals surface area (Å²) in [6.07, 6.45) is -3.73. The summed E-state index contributed by atoms with van der Waals surface area (Å²) in [5.74, 6) is -0.0290. The number of benzene rings is 3. The van der Waals surface area contributed by atoms with Crippen molar-refractivity contribution in [1.82, 2.24) is 9.62 Å². The van der Waals surface area contributed by atoms with E-state index in [0.717, 1.165) is 35.4 Å². The zero-order valence-corrected chi connectivity index (χ0v) is 21.1. The van der Waals surface area contributed by atoms with Gasteiger partial charge in [0.1, 0.15) is 16.4 Å². The first-order valence-electron chi connectivity index (χ1n) is 12.0. The number of halogens is 3. The first-order valence-corrected chi connectivity index (χ1v) is 13.4. The molecule has 0 aliphatic carbocycles. The Hall–Kier alpha value is -3.59. The molecule has 3 aromatic carbocycles. The molecule has 1 aliphatic heterocycles. The molecule has 38 heavy (non-hydrogen) atoms. The van der Waals surface area contributed by atoms with Gasteiger partial charge in [0.15, 0.2) is 0 Å². The second-order valence-corrected chi connectivity index (χ2v) is 10.5. The highest BCUT2D eigenvalue weighted by atomic mass is 32.2. The number of hydrogen-bond acceptors (Lipinski definition) is 6. The van der Waals surface area contributed by atoms with E-state index in [1.54, 1.807) is 12.1 Å². The van der Waals surface area contributed by atoms with Gasteiger partial charge in [-0.15, -0.1) is 13.2 Å². The minimum Gasteiger partial charge on any atom is -0.494 e. The van der Waals surface area contributed by atoms with Crippen LogP contribution in [0.15, 0.2) is 77.7 Å². The monoisotopic (exact) mass is 545 g/mol. The van der Waals surface area contributed by atoms with Crippen molar-refractivity contribution in [2.24, 2.45) is 0 Å². The topological polar surface area (TPSA) is 91.7 Å². The first-order chi connectivity index (χ1) is 18.1. The van der Waals surface area contributed by atoms with E-state index in [0.29, 0.717) is 38.2 Å². The number of rotatable bonds is 10. The predicted molar refractivity (Wildman–Crippen MR) is 135 cm³/mol. The molecule has 1 unspecified atom stereocenters. The van der Waals surface area contributed by atoms with E-state index < -0.39 is 33.1 Å². The van der Waals surface area contributed by atoms with E-state index in [9.17, 15) is 21.6 Å². The number of nitriles is 1. The molecular formula is C27H26F3N3O4S. The number of para-hydroxylation sites is 1. The van der Waals surface area contributed by atoms with Gasteiger partial charge in [0.05, 0.1) is 18.2 Å². The lowest BCUT2D eigenvalue weighted by Crippen LogP contribution is -2.37. The lowest BCUT2D eigenvalue weighted by atomic mass is 10.0. The molecule has 1 atom stereocenters. The summed E-state index contributed by atoms with van der Waals surface area (Å²) >= 11 is 0. The maximum atomic E-state index is 12.8. The van der Waals surface area contributed by atoms with Crippen LogP contribution in [0.2, 0.25) is 0 Å². The van der Waals surface area contributed by atoms with Crippen molar-refractivity contribution in [3.63, 3.8) is 0 Å². The maximum Gasteiger partial charge on any atom is 0.573 e. The zero-order valence-electron chi connectivity index (χ0n) is 20.3. The summed E-state index contributed by atoms with van der Waals surface area (Å²) in [5.41, 5.74) is 2.63. The molecule has 0 bridgehead atoms. The van der Waals surface area contributed by atoms with Gasteiger partial charge in [-0.2, -0.15) is 5.26 Å². The number of alkyl halides is 3. The van der Waals surface area contributed by atoms with Crippen LogP contribution in [0.4, 0.5) is 13.2 Å². The number of sulfonamides is 1. The summed E-state index contributed by atoms with van der Waals surface area (Å²) in [4.78, 5) is 1.54. The van der Waals surface area contributed by atoms with Gasteiger partial charge in [-0.3, -0.25) is 0 Å². The van der Waals surface area contributed by atoms with Crippen LogP contribution in [0.3, 0.4) is 0 Å². The molecule has 0 saturated carbocycles. The molecule has 0 aromatic heterocycles. The molecule has 0 spiro atoms. The van der Waals surface area contributed by atoms with Crippen LogP contribution in [0.5, 0.6) is 11.5 Å². The van der Waals surface area contributed by atoms with E-state index in [4.69, 9.17) is 10.00 Å². The highest BCUT2D eigenvalue weighted by molar-refractivity contribution is 7.89. The summed E-state index contributed by atoms with van der Waals surface area (Å²) in [5, 5.41) is 8.92. The Bertz CT molecular complexity index is 1370. The number of nitrogens with zero attached hydrogens (tertiary/aromatic N) is 2. The summed E-state index contributed by atoms with van der Waals surface area (Å²) < 4.78 is 75.7. The standard InChI is InChI=1S/C27H26F3N3O4S/c28-27(29,30)37-25-4-1-2-5-26(25)38(34,35)32-23-14-16-33(19-23)15-3-17-36-24-12-10-22(11-13-24)21-8-6-20(18-31)7-9-21/h1-2,4-13,23,32H,3,14-17,19H2. The molecule has 4 rings (SSSR count). The zero-order chi connectivity index (χ0) is 27.2. The Labute approximate surface area is 219 Å². The molecule has 200 valence electrons. The van der Waals surface area contributed by atoms with Gasteiger partial charge in [0, 0.05) is 19.1 Å². The summed E-state index contributed by atoms with van der Waals surface area (Å²) in [6.45, 7) is 2.27. The largest absolute Gasteiger partial charge is 0.573 e. The van der Waals surface area contributed by atoms with E-state index in [-0.39, 0.29) is 0 Å². The van der Waals surface area contributed by atoms with E-state index in [1.165, 1.54) is 12.1 Å². The molecule has 7 nitrogen and oxygen atoms in total. The number of ether oxygens (including phenoxy) is 2. The lowest BCUT2D eigenvalue weighted by molar-refractivity contribution is -0.275. The fraction of sp³-hybridized carbons (Fsp3) is 0.296. The average molecular weight is 546 g/mol. The molecule has 1 aliphatic rings. The highest BCUT2D eigenvalue weighted by Crippen LogP contribution is 2.30. The molecule has 11 heteroatoms. The minimum atomic E-state index is -5.00. The van der Waals surface area contributed by atoms with Gasteiger partial charge >= 0.3 is 6.36 Å². The van der Waals surface area contributed by atoms with Gasteiger partial charge in [-0.25, -0.2) is 13.1 Å². The van der Waals surface area contributed by atoms with Crippen LogP contribution in [0, 0.1) is 11.3 Å². The quantitative estimate of drug-likeness (QED) is 0.363. The minimum absolute atomic E-state index is 0.422. The van der Waals surface area contributed by atoms with Crippen LogP contribution >= 0.6 is 0 Å². The SMILES string of the molecule is N#Cc1ccc(-c2ccc(OCCCN3CCC(NS(=O)(=O)c4ccccc4OC(F)(F)F)C3)cc2)cc1. The van der Waals surface area contributed by atoms with Crippen LogP contribution in [0.25, 0.3) is 11.1 Å². The first kappa shape index (κ1) is 27.4. The molecule has 0 amide bonds. The molecule has 1 heterocycles. The second-order valence-electron chi connectivity index (χ2n) is 8.82. The number of nitrogens with one attached hydrogen (secondary N) is 1. The Morgan fingerprint density at radius 1 is 1.00 bits per heavy atom. The molecule has 0 radical (unpaired) electrons. The van der Waals surface area contributed by atoms with Gasteiger partial charge in [-0.05, 0) is 66.9 Å². The second kappa shape index (κ2) is 11.9. The van der Waals surface area contributed by atoms with Crippen LogP contribution in [-0.2, 0) is 10.0 Å². The van der Waals surface area contributed by atoms with Gasteiger partial charge in [0.2, 0.25) is 10.0 Å². The highest BCUT2D eigenvalue weighted by Gasteiger charge is 2.35. The molecule has 1 fully saturated rings. The third-order valence-corrected chi connectivity index (χ3v) is 7.61. The number of hydrogen-bond donors (Lipinski definition) is 1. The Morgan fingerprint density at radius 2 is 1.66 bits per heavy atom. The third-order valence-electron chi connectivity index (χ3n) is 6.05. The van der Waals surface area contributed by atoms with Crippen molar-refractivity contribution in [2.45, 2.75) is 30.1 Å². The van der Waals surface area contributed by atoms with E-state index >= 15 is 0 Å². The summed E-state index contributed by atoms with van der Waals surface area (Å²) in [7, 11) is -4.20. The van der Waals surface area contributed by atoms with Crippen molar-refractivity contribution in [1.29, 1.82) is 5.26 Å². The lowest BCUT2D eigenvalue weighted by Gasteiger charge is -2.18. The molecule has 3 aromatic rings. The third kappa shape index (κ3) is 7.47. The van der Waals surface area contributed by atoms with Crippen molar-refractivity contribution in [3.05, 3.63) is 78.4 Å². The van der Waals surface area contributed by atoms with Crippen LogP contribution in [-0.4, -0.2) is 52.0 Å². The van der Waals surface area contributed by atoms with Gasteiger partial charge < -0.3 is 14.4 Å². The van der Waals surface area contributed by atoms with Gasteiger partial charge in [0.25, 0.3) is 0 Å². The fourth-order valence-electron chi connectivity index (χ4n) is 4.26. The van der Waals surface area contributed by atoms with Crippen molar-refractivity contribution in [2.75, 3.05) is 26.2 Å². The average Bonchev–Trinajstić information content (AvgIpc) is 3.32. The number of likely N-dealkylation sites (tertiary alicyclic amines) is 1. The van der Waals surface area contributed by atoms with Gasteiger partial charge in [-0.1, -0.05) is 36.4 Å². The summed E-state index contributed by atoms with van der Waals surface area (Å²) in [6, 6.07) is 21.4.